The fraction of sp³-hybridized carbons (Fsp3) is 0.185. The van der Waals surface area contributed by atoms with Crippen LogP contribution in [0.2, 0.25) is 0 Å². The van der Waals surface area contributed by atoms with Crippen LogP contribution >= 0.6 is 15.9 Å². The first-order valence-corrected chi connectivity index (χ1v) is 14.2. The highest BCUT2D eigenvalue weighted by Crippen LogP contribution is 2.38. The molecule has 1 fully saturated rings. The number of imide groups is 1. The second-order valence-corrected chi connectivity index (χ2v) is 11.9. The lowest BCUT2D eigenvalue weighted by Crippen LogP contribution is -2.55. The molecule has 3 aromatic carbocycles. The summed E-state index contributed by atoms with van der Waals surface area (Å²) in [5.41, 5.74) is 4.80. The van der Waals surface area contributed by atoms with Crippen LogP contribution in [0, 0.1) is 5.92 Å². The molecule has 0 saturated carbocycles. The number of carbonyl (C=O) groups excluding carboxylic acids is 2. The number of halogens is 1. The highest BCUT2D eigenvalue weighted by molar-refractivity contribution is 9.10. The lowest BCUT2D eigenvalue weighted by atomic mass is 9.90. The van der Waals surface area contributed by atoms with Crippen LogP contribution in [0.4, 0.5) is 11.4 Å². The van der Waals surface area contributed by atoms with Gasteiger partial charge in [-0.3, -0.25) is 9.59 Å². The van der Waals surface area contributed by atoms with E-state index >= 15 is 0 Å². The topological polar surface area (TPSA) is 107 Å². The molecule has 190 valence electrons. The smallest absolute Gasteiger partial charge is 0.254 e. The van der Waals surface area contributed by atoms with E-state index in [1.165, 1.54) is 17.0 Å². The van der Waals surface area contributed by atoms with Crippen LogP contribution in [0.25, 0.3) is 0 Å². The summed E-state index contributed by atoms with van der Waals surface area (Å²) in [6.07, 6.45) is 3.51. The van der Waals surface area contributed by atoms with Crippen LogP contribution < -0.4 is 10.3 Å². The molecular formula is C27H24BrN3O5S. The minimum atomic E-state index is -3.39. The molecule has 37 heavy (non-hydrogen) atoms. The Morgan fingerprint density at radius 2 is 1.54 bits per heavy atom. The normalized spacial score (nSPS) is 22.7. The number of rotatable bonds is 6. The molecule has 5 rings (SSSR count). The fourth-order valence-electron chi connectivity index (χ4n) is 4.69. The first-order chi connectivity index (χ1) is 17.6. The number of nitrogens with one attached hydrogen (secondary N) is 1. The summed E-state index contributed by atoms with van der Waals surface area (Å²) >= 11 is 3.40. The number of amides is 2. The Hall–Kier alpha value is -3.31. The molecule has 2 N–H and O–H groups in total. The number of hydrogen-bond acceptors (Lipinski definition) is 7. The van der Waals surface area contributed by atoms with Crippen molar-refractivity contribution in [3.63, 3.8) is 0 Å². The van der Waals surface area contributed by atoms with E-state index in [-0.39, 0.29) is 10.8 Å². The van der Waals surface area contributed by atoms with Crippen molar-refractivity contribution in [1.29, 1.82) is 0 Å². The van der Waals surface area contributed by atoms with Gasteiger partial charge < -0.3 is 10.5 Å². The van der Waals surface area contributed by atoms with E-state index in [2.05, 4.69) is 21.4 Å². The molecule has 2 aliphatic heterocycles. The van der Waals surface area contributed by atoms with E-state index in [9.17, 15) is 23.1 Å². The number of carbonyl (C=O) groups is 2. The Morgan fingerprint density at radius 1 is 0.892 bits per heavy atom. The molecule has 1 saturated heterocycles. The van der Waals surface area contributed by atoms with Gasteiger partial charge in [-0.15, -0.1) is 0 Å². The SMILES string of the molecule is CS(=O)(=O)c1ccc(NN2[C@@H]3C(=O)N(c4ccccc4)C(=O)C3C=C[C@@H]2[C@H](O)c2ccc(Br)cc2)cc1. The Labute approximate surface area is 223 Å². The molecule has 2 amide bonds. The Morgan fingerprint density at radius 3 is 2.16 bits per heavy atom. The number of anilines is 2. The monoisotopic (exact) mass is 581 g/mol. The number of aliphatic hydroxyl groups excluding tert-OH is 1. The second kappa shape index (κ2) is 9.86. The number of nitrogens with zero attached hydrogens (tertiary/aromatic N) is 2. The average Bonchev–Trinajstić information content (AvgIpc) is 3.14. The van der Waals surface area contributed by atoms with Crippen molar-refractivity contribution in [1.82, 2.24) is 5.01 Å². The van der Waals surface area contributed by atoms with Crippen molar-refractivity contribution in [2.24, 2.45) is 5.92 Å². The molecule has 0 spiro atoms. The van der Waals surface area contributed by atoms with E-state index in [0.29, 0.717) is 16.9 Å². The Balaban J connectivity index is 1.54. The zero-order valence-electron chi connectivity index (χ0n) is 19.7. The molecule has 4 atom stereocenters. The van der Waals surface area contributed by atoms with Crippen LogP contribution in [-0.4, -0.2) is 48.7 Å². The maximum atomic E-state index is 13.7. The van der Waals surface area contributed by atoms with Crippen molar-refractivity contribution in [2.45, 2.75) is 23.1 Å². The van der Waals surface area contributed by atoms with Crippen LogP contribution in [0.5, 0.6) is 0 Å². The quantitative estimate of drug-likeness (QED) is 0.337. The largest absolute Gasteiger partial charge is 0.386 e. The van der Waals surface area contributed by atoms with E-state index in [0.717, 1.165) is 10.7 Å². The predicted octanol–water partition coefficient (Wildman–Crippen LogP) is 3.71. The van der Waals surface area contributed by atoms with Crippen molar-refractivity contribution >= 4 is 49.0 Å². The van der Waals surface area contributed by atoms with Gasteiger partial charge in [-0.05, 0) is 54.1 Å². The summed E-state index contributed by atoms with van der Waals surface area (Å²) in [5, 5.41) is 12.9. The summed E-state index contributed by atoms with van der Waals surface area (Å²) in [6.45, 7) is 0. The molecule has 0 aromatic heterocycles. The molecular weight excluding hydrogens is 558 g/mol. The molecule has 3 aromatic rings. The molecule has 2 heterocycles. The summed E-state index contributed by atoms with van der Waals surface area (Å²) < 4.78 is 24.6. The Bertz CT molecular complexity index is 1460. The molecule has 8 nitrogen and oxygen atoms in total. The van der Waals surface area contributed by atoms with Gasteiger partial charge in [0.1, 0.15) is 6.04 Å². The predicted molar refractivity (Wildman–Crippen MR) is 143 cm³/mol. The van der Waals surface area contributed by atoms with Crippen molar-refractivity contribution in [3.8, 4) is 0 Å². The van der Waals surface area contributed by atoms with Crippen LogP contribution in [0.1, 0.15) is 11.7 Å². The summed E-state index contributed by atoms with van der Waals surface area (Å²) in [5.74, 6) is -1.53. The van der Waals surface area contributed by atoms with Crippen molar-refractivity contribution in [3.05, 3.63) is 101 Å². The highest BCUT2D eigenvalue weighted by atomic mass is 79.9. The van der Waals surface area contributed by atoms with Gasteiger partial charge in [0.2, 0.25) is 5.91 Å². The fourth-order valence-corrected chi connectivity index (χ4v) is 5.58. The highest BCUT2D eigenvalue weighted by Gasteiger charge is 2.54. The first kappa shape index (κ1) is 25.3. The number of hydrogen-bond donors (Lipinski definition) is 2. The molecule has 2 aliphatic rings. The second-order valence-electron chi connectivity index (χ2n) is 9.01. The van der Waals surface area contributed by atoms with E-state index in [4.69, 9.17) is 0 Å². The van der Waals surface area contributed by atoms with E-state index in [1.807, 2.05) is 12.1 Å². The maximum Gasteiger partial charge on any atom is 0.254 e. The van der Waals surface area contributed by atoms with Crippen LogP contribution in [0.15, 0.2) is 100 Å². The number of fused-ring (bicyclic) bond motifs is 1. The number of sulfone groups is 1. The molecule has 0 radical (unpaired) electrons. The number of para-hydroxylation sites is 1. The zero-order valence-corrected chi connectivity index (χ0v) is 22.1. The van der Waals surface area contributed by atoms with Gasteiger partial charge in [0.05, 0.1) is 28.6 Å². The number of hydrazine groups is 1. The summed E-state index contributed by atoms with van der Waals surface area (Å²) in [4.78, 5) is 28.4. The van der Waals surface area contributed by atoms with Gasteiger partial charge in [-0.25, -0.2) is 18.3 Å². The van der Waals surface area contributed by atoms with Gasteiger partial charge in [0.25, 0.3) is 5.91 Å². The first-order valence-electron chi connectivity index (χ1n) is 11.5. The van der Waals surface area contributed by atoms with Crippen molar-refractivity contribution < 1.29 is 23.1 Å². The third kappa shape index (κ3) is 4.85. The lowest BCUT2D eigenvalue weighted by Gasteiger charge is -2.40. The molecule has 0 aliphatic carbocycles. The third-order valence-electron chi connectivity index (χ3n) is 6.55. The van der Waals surface area contributed by atoms with Crippen molar-refractivity contribution in [2.75, 3.05) is 16.6 Å². The Kier molecular flexibility index (Phi) is 6.76. The third-order valence-corrected chi connectivity index (χ3v) is 8.20. The van der Waals surface area contributed by atoms with Gasteiger partial charge in [-0.1, -0.05) is 58.4 Å². The number of benzene rings is 3. The van der Waals surface area contributed by atoms with Crippen LogP contribution in [0.3, 0.4) is 0 Å². The minimum absolute atomic E-state index is 0.156. The summed E-state index contributed by atoms with van der Waals surface area (Å²) in [7, 11) is -3.39. The van der Waals surface area contributed by atoms with Gasteiger partial charge in [-0.2, -0.15) is 0 Å². The number of aliphatic hydroxyl groups is 1. The standard InChI is InChI=1S/C27H24BrN3O5S/c1-37(35,36)21-13-11-19(12-14-21)29-31-23(25(32)17-7-9-18(28)10-8-17)16-15-22-24(31)27(34)30(26(22)33)20-5-3-2-4-6-20/h2-16,22-25,29,32H,1H3/t22?,23-,24+,25-/m1/s1. The van der Waals surface area contributed by atoms with E-state index in [1.54, 1.807) is 71.8 Å². The molecule has 10 heteroatoms. The zero-order chi connectivity index (χ0) is 26.3. The molecule has 0 bridgehead atoms. The van der Waals surface area contributed by atoms with Gasteiger partial charge in [0, 0.05) is 16.4 Å². The lowest BCUT2D eigenvalue weighted by molar-refractivity contribution is -0.123. The van der Waals surface area contributed by atoms with E-state index < -0.39 is 39.8 Å². The summed E-state index contributed by atoms with van der Waals surface area (Å²) in [6, 6.07) is 20.4. The van der Waals surface area contributed by atoms with Gasteiger partial charge >= 0.3 is 0 Å². The van der Waals surface area contributed by atoms with Crippen LogP contribution in [-0.2, 0) is 19.4 Å². The minimum Gasteiger partial charge on any atom is -0.386 e. The average molecular weight is 582 g/mol. The maximum absolute atomic E-state index is 13.7. The molecule has 1 unspecified atom stereocenters. The van der Waals surface area contributed by atoms with Gasteiger partial charge in [0.15, 0.2) is 9.84 Å².